The van der Waals surface area contributed by atoms with Crippen molar-refractivity contribution in [3.63, 3.8) is 0 Å². The van der Waals surface area contributed by atoms with E-state index in [-0.39, 0.29) is 6.61 Å². The molecule has 0 aliphatic rings. The number of hydrogen-bond donors (Lipinski definition) is 2. The molecule has 0 heterocycles. The van der Waals surface area contributed by atoms with Crippen LogP contribution in [-0.4, -0.2) is 43.1 Å². The van der Waals surface area contributed by atoms with Crippen LogP contribution in [0.4, 0.5) is 13.2 Å². The molecule has 1 unspecified atom stereocenters. The number of nitrogens with one attached hydrogen (secondary N) is 1. The van der Waals surface area contributed by atoms with Crippen LogP contribution in [0.5, 0.6) is 0 Å². The summed E-state index contributed by atoms with van der Waals surface area (Å²) in [5.74, 6) is -0.691. The largest absolute Gasteiger partial charge is 0.411 e. The summed E-state index contributed by atoms with van der Waals surface area (Å²) in [6.45, 7) is -2.46. The van der Waals surface area contributed by atoms with E-state index in [0.29, 0.717) is 6.42 Å². The van der Waals surface area contributed by atoms with Crippen LogP contribution in [0.1, 0.15) is 5.56 Å². The maximum Gasteiger partial charge on any atom is 0.411 e. The van der Waals surface area contributed by atoms with E-state index < -0.39 is 31.3 Å². The Morgan fingerprint density at radius 1 is 1.30 bits per heavy atom. The number of rotatable bonds is 7. The minimum absolute atomic E-state index is 0.306. The minimum atomic E-state index is -4.46. The molecule has 0 radical (unpaired) electrons. The van der Waals surface area contributed by atoms with Crippen LogP contribution in [0, 0.1) is 0 Å². The fraction of sp³-hybridized carbons (Fsp3) is 0.462. The maximum atomic E-state index is 11.8. The summed E-state index contributed by atoms with van der Waals surface area (Å²) in [5, 5.41) is 11.6. The van der Waals surface area contributed by atoms with Gasteiger partial charge in [0.1, 0.15) is 13.2 Å². The summed E-state index contributed by atoms with van der Waals surface area (Å²) in [4.78, 5) is 11.4. The monoisotopic (exact) mass is 291 g/mol. The number of aliphatic hydroxyl groups is 1. The summed E-state index contributed by atoms with van der Waals surface area (Å²) in [6.07, 6.45) is -4.07. The Labute approximate surface area is 114 Å². The molecule has 7 heteroatoms. The molecule has 2 N–H and O–H groups in total. The van der Waals surface area contributed by atoms with E-state index in [1.54, 1.807) is 0 Å². The van der Waals surface area contributed by atoms with E-state index in [2.05, 4.69) is 10.1 Å². The fourth-order valence-corrected chi connectivity index (χ4v) is 1.59. The average molecular weight is 291 g/mol. The second-order valence-corrected chi connectivity index (χ2v) is 4.24. The number of alkyl halides is 3. The molecule has 0 aliphatic heterocycles. The first kappa shape index (κ1) is 16.5. The van der Waals surface area contributed by atoms with Crippen LogP contribution >= 0.6 is 0 Å². The molecule has 0 aliphatic carbocycles. The number of ether oxygens (including phenoxy) is 1. The van der Waals surface area contributed by atoms with Crippen molar-refractivity contribution in [1.29, 1.82) is 0 Å². The first-order valence-corrected chi connectivity index (χ1v) is 5.99. The Kier molecular flexibility index (Phi) is 6.47. The number of halogens is 3. The zero-order valence-corrected chi connectivity index (χ0v) is 10.7. The van der Waals surface area contributed by atoms with Gasteiger partial charge in [0.05, 0.1) is 12.6 Å². The van der Waals surface area contributed by atoms with Crippen molar-refractivity contribution in [2.45, 2.75) is 18.6 Å². The van der Waals surface area contributed by atoms with Crippen LogP contribution in [-0.2, 0) is 16.0 Å². The second kappa shape index (κ2) is 7.86. The molecular weight excluding hydrogens is 275 g/mol. The molecule has 0 saturated heterocycles. The number of carbonyl (C=O) groups is 1. The van der Waals surface area contributed by atoms with Crippen LogP contribution < -0.4 is 5.32 Å². The van der Waals surface area contributed by atoms with Crippen molar-refractivity contribution >= 4 is 5.91 Å². The van der Waals surface area contributed by atoms with Crippen molar-refractivity contribution in [3.05, 3.63) is 35.9 Å². The zero-order chi connectivity index (χ0) is 15.0. The molecule has 0 aromatic heterocycles. The third-order valence-corrected chi connectivity index (χ3v) is 2.41. The molecule has 1 aromatic carbocycles. The Bertz CT molecular complexity index is 409. The van der Waals surface area contributed by atoms with Crippen LogP contribution in [0.25, 0.3) is 0 Å². The number of aliphatic hydroxyl groups excluding tert-OH is 1. The van der Waals surface area contributed by atoms with Gasteiger partial charge in [0.15, 0.2) is 0 Å². The number of hydrogen-bond acceptors (Lipinski definition) is 3. The normalized spacial score (nSPS) is 13.0. The molecule has 1 amide bonds. The van der Waals surface area contributed by atoms with Crippen molar-refractivity contribution < 1.29 is 27.8 Å². The Morgan fingerprint density at radius 2 is 1.95 bits per heavy atom. The van der Waals surface area contributed by atoms with E-state index in [0.717, 1.165) is 5.56 Å². The lowest BCUT2D eigenvalue weighted by molar-refractivity contribution is -0.175. The fourth-order valence-electron chi connectivity index (χ4n) is 1.59. The predicted octanol–water partition coefficient (Wildman–Crippen LogP) is 1.29. The van der Waals surface area contributed by atoms with Gasteiger partial charge in [0.2, 0.25) is 5.91 Å². The molecule has 1 atom stereocenters. The topological polar surface area (TPSA) is 58.6 Å². The van der Waals surface area contributed by atoms with E-state index in [9.17, 15) is 18.0 Å². The highest BCUT2D eigenvalue weighted by atomic mass is 19.4. The Morgan fingerprint density at radius 3 is 2.50 bits per heavy atom. The van der Waals surface area contributed by atoms with Gasteiger partial charge in [0.25, 0.3) is 0 Å². The van der Waals surface area contributed by atoms with Crippen molar-refractivity contribution in [1.82, 2.24) is 5.32 Å². The number of amides is 1. The quantitative estimate of drug-likeness (QED) is 0.796. The van der Waals surface area contributed by atoms with Crippen molar-refractivity contribution in [3.8, 4) is 0 Å². The molecule has 0 spiro atoms. The van der Waals surface area contributed by atoms with Gasteiger partial charge in [-0.3, -0.25) is 4.79 Å². The van der Waals surface area contributed by atoms with Gasteiger partial charge >= 0.3 is 6.18 Å². The van der Waals surface area contributed by atoms with Crippen molar-refractivity contribution in [2.75, 3.05) is 19.8 Å². The average Bonchev–Trinajstić information content (AvgIpc) is 2.37. The lowest BCUT2D eigenvalue weighted by Gasteiger charge is -2.16. The smallest absolute Gasteiger partial charge is 0.394 e. The van der Waals surface area contributed by atoms with E-state index >= 15 is 0 Å². The molecule has 112 valence electrons. The van der Waals surface area contributed by atoms with E-state index in [4.69, 9.17) is 5.11 Å². The summed E-state index contributed by atoms with van der Waals surface area (Å²) in [7, 11) is 0. The van der Waals surface area contributed by atoms with E-state index in [1.807, 2.05) is 30.3 Å². The van der Waals surface area contributed by atoms with E-state index in [1.165, 1.54) is 0 Å². The highest BCUT2D eigenvalue weighted by molar-refractivity contribution is 5.77. The first-order valence-electron chi connectivity index (χ1n) is 5.99. The molecule has 0 fully saturated rings. The highest BCUT2D eigenvalue weighted by Crippen LogP contribution is 2.14. The molecule has 4 nitrogen and oxygen atoms in total. The van der Waals surface area contributed by atoms with Crippen LogP contribution in [0.2, 0.25) is 0 Å². The van der Waals surface area contributed by atoms with Gasteiger partial charge in [-0.15, -0.1) is 0 Å². The third-order valence-electron chi connectivity index (χ3n) is 2.41. The number of benzene rings is 1. The molecule has 1 aromatic rings. The minimum Gasteiger partial charge on any atom is -0.394 e. The summed E-state index contributed by atoms with van der Waals surface area (Å²) >= 11 is 0. The summed E-state index contributed by atoms with van der Waals surface area (Å²) in [5.41, 5.74) is 0.906. The maximum absolute atomic E-state index is 11.8. The van der Waals surface area contributed by atoms with Gasteiger partial charge in [-0.25, -0.2) is 0 Å². The lowest BCUT2D eigenvalue weighted by Crippen LogP contribution is -2.41. The van der Waals surface area contributed by atoms with Gasteiger partial charge in [-0.2, -0.15) is 13.2 Å². The van der Waals surface area contributed by atoms with Gasteiger partial charge in [0, 0.05) is 0 Å². The summed E-state index contributed by atoms with van der Waals surface area (Å²) < 4.78 is 39.7. The van der Waals surface area contributed by atoms with Gasteiger partial charge in [-0.05, 0) is 12.0 Å². The van der Waals surface area contributed by atoms with Gasteiger partial charge < -0.3 is 15.2 Å². The first-order chi connectivity index (χ1) is 9.40. The SMILES string of the molecule is O=C(COCC(F)(F)F)NC(CO)Cc1ccccc1. The molecule has 1 rings (SSSR count). The van der Waals surface area contributed by atoms with Gasteiger partial charge in [-0.1, -0.05) is 30.3 Å². The third kappa shape index (κ3) is 7.10. The van der Waals surface area contributed by atoms with Crippen molar-refractivity contribution in [2.24, 2.45) is 0 Å². The molecule has 0 bridgehead atoms. The summed E-state index contributed by atoms with van der Waals surface area (Å²) in [6, 6.07) is 8.57. The molecular formula is C13H16F3NO3. The van der Waals surface area contributed by atoms with Crippen LogP contribution in [0.3, 0.4) is 0 Å². The molecule has 20 heavy (non-hydrogen) atoms. The predicted molar refractivity (Wildman–Crippen MR) is 66.0 cm³/mol. The Balaban J connectivity index is 2.34. The standard InChI is InChI=1S/C13H16F3NO3/c14-13(15,16)9-20-8-12(19)17-11(7-18)6-10-4-2-1-3-5-10/h1-5,11,18H,6-9H2,(H,17,19). The molecule has 0 saturated carbocycles. The highest BCUT2D eigenvalue weighted by Gasteiger charge is 2.27. The zero-order valence-electron chi connectivity index (χ0n) is 10.7. The Hall–Kier alpha value is -1.60. The van der Waals surface area contributed by atoms with Crippen LogP contribution in [0.15, 0.2) is 30.3 Å². The second-order valence-electron chi connectivity index (χ2n) is 4.24. The number of carbonyl (C=O) groups excluding carboxylic acids is 1. The lowest BCUT2D eigenvalue weighted by atomic mass is 10.1.